The number of methoxy groups -OCH3 is 1. The second-order valence-electron chi connectivity index (χ2n) is 7.14. The Hall–Kier alpha value is -4.33. The van der Waals surface area contributed by atoms with Gasteiger partial charge in [-0.2, -0.15) is 0 Å². The Balaban J connectivity index is 1.47. The Kier molecular flexibility index (Phi) is 8.62. The summed E-state index contributed by atoms with van der Waals surface area (Å²) in [5.41, 5.74) is 1.60. The van der Waals surface area contributed by atoms with E-state index < -0.39 is 5.97 Å². The summed E-state index contributed by atoms with van der Waals surface area (Å²) < 4.78 is 15.8. The summed E-state index contributed by atoms with van der Waals surface area (Å²) in [5, 5.41) is 2.72. The van der Waals surface area contributed by atoms with Crippen LogP contribution >= 0.6 is 0 Å². The third-order valence-corrected chi connectivity index (χ3v) is 4.83. The lowest BCUT2D eigenvalue weighted by molar-refractivity contribution is -0.121. The second kappa shape index (κ2) is 12.1. The van der Waals surface area contributed by atoms with Crippen LogP contribution in [0.3, 0.4) is 0 Å². The first-order chi connectivity index (χ1) is 16.5. The molecule has 176 valence electrons. The zero-order chi connectivity index (χ0) is 24.3. The van der Waals surface area contributed by atoms with Crippen LogP contribution in [-0.2, 0) is 14.3 Å². The molecule has 1 N–H and O–H groups in total. The van der Waals surface area contributed by atoms with Gasteiger partial charge in [0.2, 0.25) is 0 Å². The van der Waals surface area contributed by atoms with Gasteiger partial charge < -0.3 is 24.4 Å². The van der Waals surface area contributed by atoms with Crippen molar-refractivity contribution in [3.63, 3.8) is 0 Å². The molecule has 0 aliphatic carbocycles. The number of para-hydroxylation sites is 1. The van der Waals surface area contributed by atoms with Crippen LogP contribution in [0.25, 0.3) is 0 Å². The SMILES string of the molecule is CCN(C(=O)COC(=O)c1ccc(OCC(=O)Nc2cccc(OC)c2)cc1)c1ccccc1. The van der Waals surface area contributed by atoms with E-state index in [4.69, 9.17) is 14.2 Å². The highest BCUT2D eigenvalue weighted by Crippen LogP contribution is 2.17. The molecule has 0 atom stereocenters. The summed E-state index contributed by atoms with van der Waals surface area (Å²) in [6.07, 6.45) is 0. The summed E-state index contributed by atoms with van der Waals surface area (Å²) in [6, 6.07) is 22.3. The molecule has 3 rings (SSSR count). The Bertz CT molecular complexity index is 1120. The Labute approximate surface area is 198 Å². The van der Waals surface area contributed by atoms with E-state index in [0.29, 0.717) is 23.7 Å². The van der Waals surface area contributed by atoms with Crippen LogP contribution in [0.4, 0.5) is 11.4 Å². The first kappa shape index (κ1) is 24.3. The van der Waals surface area contributed by atoms with Gasteiger partial charge in [0.1, 0.15) is 11.5 Å². The average molecular weight is 463 g/mol. The largest absolute Gasteiger partial charge is 0.497 e. The van der Waals surface area contributed by atoms with Gasteiger partial charge in [-0.3, -0.25) is 9.59 Å². The maximum atomic E-state index is 12.5. The lowest BCUT2D eigenvalue weighted by Crippen LogP contribution is -2.34. The second-order valence-corrected chi connectivity index (χ2v) is 7.14. The molecule has 0 fully saturated rings. The number of carbonyl (C=O) groups is 3. The molecule has 0 bridgehead atoms. The fourth-order valence-corrected chi connectivity index (χ4v) is 3.13. The van der Waals surface area contributed by atoms with E-state index in [1.54, 1.807) is 48.4 Å². The highest BCUT2D eigenvalue weighted by molar-refractivity contribution is 5.97. The standard InChI is InChI=1S/C26H26N2O6/c1-3-28(21-9-5-4-6-10-21)25(30)18-34-26(31)19-12-14-22(15-13-19)33-17-24(29)27-20-8-7-11-23(16-20)32-2/h4-16H,3,17-18H2,1-2H3,(H,27,29). The first-order valence-electron chi connectivity index (χ1n) is 10.7. The van der Waals surface area contributed by atoms with Crippen molar-refractivity contribution in [2.75, 3.05) is 37.1 Å². The molecule has 2 amide bonds. The van der Waals surface area contributed by atoms with Crippen LogP contribution in [0.5, 0.6) is 11.5 Å². The monoisotopic (exact) mass is 462 g/mol. The number of benzene rings is 3. The summed E-state index contributed by atoms with van der Waals surface area (Å²) in [4.78, 5) is 38.4. The van der Waals surface area contributed by atoms with Crippen LogP contribution < -0.4 is 19.7 Å². The van der Waals surface area contributed by atoms with E-state index in [0.717, 1.165) is 5.69 Å². The molecular weight excluding hydrogens is 436 g/mol. The molecule has 8 nitrogen and oxygen atoms in total. The van der Waals surface area contributed by atoms with E-state index in [9.17, 15) is 14.4 Å². The summed E-state index contributed by atoms with van der Waals surface area (Å²) in [5.74, 6) is -0.238. The molecule has 0 aliphatic rings. The van der Waals surface area contributed by atoms with Crippen molar-refractivity contribution in [3.8, 4) is 11.5 Å². The van der Waals surface area contributed by atoms with Crippen molar-refractivity contribution < 1.29 is 28.6 Å². The number of rotatable bonds is 10. The summed E-state index contributed by atoms with van der Waals surface area (Å²) in [7, 11) is 1.55. The van der Waals surface area contributed by atoms with Gasteiger partial charge >= 0.3 is 5.97 Å². The molecule has 3 aromatic rings. The number of nitrogens with zero attached hydrogens (tertiary/aromatic N) is 1. The van der Waals surface area contributed by atoms with E-state index in [2.05, 4.69) is 5.32 Å². The number of ether oxygens (including phenoxy) is 3. The number of hydrogen-bond acceptors (Lipinski definition) is 6. The normalized spacial score (nSPS) is 10.2. The van der Waals surface area contributed by atoms with Gasteiger partial charge in [0.15, 0.2) is 13.2 Å². The van der Waals surface area contributed by atoms with Crippen LogP contribution in [0.2, 0.25) is 0 Å². The number of amides is 2. The van der Waals surface area contributed by atoms with Crippen LogP contribution in [0.1, 0.15) is 17.3 Å². The van der Waals surface area contributed by atoms with E-state index in [-0.39, 0.29) is 30.6 Å². The van der Waals surface area contributed by atoms with Crippen molar-refractivity contribution in [2.24, 2.45) is 0 Å². The maximum Gasteiger partial charge on any atom is 0.338 e. The van der Waals surface area contributed by atoms with E-state index >= 15 is 0 Å². The third-order valence-electron chi connectivity index (χ3n) is 4.83. The minimum Gasteiger partial charge on any atom is -0.497 e. The number of anilines is 2. The predicted octanol–water partition coefficient (Wildman–Crippen LogP) is 3.92. The zero-order valence-electron chi connectivity index (χ0n) is 19.0. The molecule has 8 heteroatoms. The summed E-state index contributed by atoms with van der Waals surface area (Å²) in [6.45, 7) is 1.73. The van der Waals surface area contributed by atoms with Crippen LogP contribution in [0, 0.1) is 0 Å². The van der Waals surface area contributed by atoms with Crippen molar-refractivity contribution in [3.05, 3.63) is 84.4 Å². The smallest absolute Gasteiger partial charge is 0.338 e. The molecule has 0 aromatic heterocycles. The topological polar surface area (TPSA) is 94.2 Å². The van der Waals surface area contributed by atoms with E-state index in [1.807, 2.05) is 37.3 Å². The number of hydrogen-bond donors (Lipinski definition) is 1. The van der Waals surface area contributed by atoms with Crippen LogP contribution in [-0.4, -0.2) is 44.7 Å². The van der Waals surface area contributed by atoms with Gasteiger partial charge in [-0.1, -0.05) is 24.3 Å². The molecule has 0 radical (unpaired) electrons. The van der Waals surface area contributed by atoms with Gasteiger partial charge in [-0.25, -0.2) is 4.79 Å². The Morgan fingerprint density at radius 3 is 2.26 bits per heavy atom. The number of carbonyl (C=O) groups excluding carboxylic acids is 3. The lowest BCUT2D eigenvalue weighted by Gasteiger charge is -2.20. The maximum absolute atomic E-state index is 12.5. The number of likely N-dealkylation sites (N-methyl/N-ethyl adjacent to an activating group) is 1. The fraction of sp³-hybridized carbons (Fsp3) is 0.192. The Morgan fingerprint density at radius 2 is 1.59 bits per heavy atom. The summed E-state index contributed by atoms with van der Waals surface area (Å²) >= 11 is 0. The molecule has 0 unspecified atom stereocenters. The highest BCUT2D eigenvalue weighted by atomic mass is 16.5. The van der Waals surface area contributed by atoms with Gasteiger partial charge in [0.05, 0.1) is 12.7 Å². The quantitative estimate of drug-likeness (QED) is 0.459. The molecule has 3 aromatic carbocycles. The van der Waals surface area contributed by atoms with Gasteiger partial charge in [0.25, 0.3) is 11.8 Å². The van der Waals surface area contributed by atoms with Gasteiger partial charge in [-0.05, 0) is 55.5 Å². The first-order valence-corrected chi connectivity index (χ1v) is 10.7. The molecule has 0 saturated heterocycles. The average Bonchev–Trinajstić information content (AvgIpc) is 2.87. The molecule has 0 saturated carbocycles. The molecule has 0 heterocycles. The molecular formula is C26H26N2O6. The molecule has 0 spiro atoms. The van der Waals surface area contributed by atoms with Crippen molar-refractivity contribution in [1.29, 1.82) is 0 Å². The third kappa shape index (κ3) is 6.83. The van der Waals surface area contributed by atoms with Crippen molar-refractivity contribution in [1.82, 2.24) is 0 Å². The highest BCUT2D eigenvalue weighted by Gasteiger charge is 2.17. The van der Waals surface area contributed by atoms with E-state index in [1.165, 1.54) is 12.1 Å². The number of esters is 1. The Morgan fingerprint density at radius 1 is 0.853 bits per heavy atom. The zero-order valence-corrected chi connectivity index (χ0v) is 19.0. The van der Waals surface area contributed by atoms with Crippen LogP contribution in [0.15, 0.2) is 78.9 Å². The van der Waals surface area contributed by atoms with Crippen molar-refractivity contribution in [2.45, 2.75) is 6.92 Å². The number of nitrogens with one attached hydrogen (secondary N) is 1. The minimum atomic E-state index is -0.625. The van der Waals surface area contributed by atoms with Gasteiger partial charge in [0, 0.05) is 24.0 Å². The lowest BCUT2D eigenvalue weighted by atomic mass is 10.2. The van der Waals surface area contributed by atoms with Crippen molar-refractivity contribution >= 4 is 29.2 Å². The fourth-order valence-electron chi connectivity index (χ4n) is 3.13. The molecule has 0 aliphatic heterocycles. The predicted molar refractivity (Wildman–Crippen MR) is 128 cm³/mol. The minimum absolute atomic E-state index is 0.207. The molecule has 34 heavy (non-hydrogen) atoms. The van der Waals surface area contributed by atoms with Gasteiger partial charge in [-0.15, -0.1) is 0 Å².